The molecule has 25 heavy (non-hydrogen) atoms. The molecule has 1 heterocycles. The first-order valence-electron chi connectivity index (χ1n) is 7.65. The molecule has 0 atom stereocenters. The van der Waals surface area contributed by atoms with Crippen LogP contribution < -0.4 is 5.43 Å². The number of rotatable bonds is 4. The predicted octanol–water partition coefficient (Wildman–Crippen LogP) is 3.04. The van der Waals surface area contributed by atoms with Crippen LogP contribution in [0.5, 0.6) is 11.5 Å². The first-order chi connectivity index (χ1) is 12.0. The summed E-state index contributed by atoms with van der Waals surface area (Å²) in [5.41, 5.74) is 4.70. The highest BCUT2D eigenvalue weighted by Gasteiger charge is 2.11. The maximum Gasteiger partial charge on any atom is 0.273 e. The molecule has 1 aromatic heterocycles. The van der Waals surface area contributed by atoms with Gasteiger partial charge in [0.25, 0.3) is 5.91 Å². The minimum absolute atomic E-state index is 0.0752. The lowest BCUT2D eigenvalue weighted by Crippen LogP contribution is -2.21. The Hall–Kier alpha value is -3.54. The van der Waals surface area contributed by atoms with Crippen molar-refractivity contribution in [2.75, 3.05) is 0 Å². The van der Waals surface area contributed by atoms with Crippen LogP contribution in [-0.4, -0.2) is 26.4 Å². The third kappa shape index (κ3) is 3.69. The molecular weight excluding hydrogens is 318 g/mol. The highest BCUT2D eigenvalue weighted by Crippen LogP contribution is 2.21. The zero-order valence-electron chi connectivity index (χ0n) is 13.5. The van der Waals surface area contributed by atoms with Gasteiger partial charge >= 0.3 is 0 Å². The van der Waals surface area contributed by atoms with Gasteiger partial charge in [-0.1, -0.05) is 12.1 Å². The molecule has 0 saturated carbocycles. The van der Waals surface area contributed by atoms with Crippen molar-refractivity contribution in [2.45, 2.75) is 6.92 Å². The number of hydrogen-bond donors (Lipinski definition) is 3. The number of para-hydroxylation sites is 1. The highest BCUT2D eigenvalue weighted by molar-refractivity contribution is 6.02. The van der Waals surface area contributed by atoms with Crippen LogP contribution in [-0.2, 0) is 0 Å². The summed E-state index contributed by atoms with van der Waals surface area (Å²) in [6.45, 7) is 1.67. The van der Waals surface area contributed by atoms with Crippen LogP contribution in [0.25, 0.3) is 5.69 Å². The number of carbonyl (C=O) groups is 1. The Bertz CT molecular complexity index is 911. The predicted molar refractivity (Wildman–Crippen MR) is 95.2 cm³/mol. The number of amides is 1. The number of nitrogens with zero attached hydrogens (tertiary/aromatic N) is 2. The van der Waals surface area contributed by atoms with E-state index in [2.05, 4.69) is 10.5 Å². The molecule has 3 rings (SSSR count). The summed E-state index contributed by atoms with van der Waals surface area (Å²) < 4.78 is 1.85. The van der Waals surface area contributed by atoms with Crippen molar-refractivity contribution in [3.05, 3.63) is 78.1 Å². The molecule has 0 aliphatic carbocycles. The molecule has 6 heteroatoms. The van der Waals surface area contributed by atoms with Gasteiger partial charge in [0.2, 0.25) is 0 Å². The second-order valence-electron chi connectivity index (χ2n) is 5.48. The largest absolute Gasteiger partial charge is 0.508 e. The second-order valence-corrected chi connectivity index (χ2v) is 5.48. The Morgan fingerprint density at radius 1 is 1.00 bits per heavy atom. The third-order valence-electron chi connectivity index (χ3n) is 3.68. The number of hydrazone groups is 1. The van der Waals surface area contributed by atoms with E-state index in [-0.39, 0.29) is 17.4 Å². The van der Waals surface area contributed by atoms with Crippen molar-refractivity contribution in [3.63, 3.8) is 0 Å². The van der Waals surface area contributed by atoms with Crippen LogP contribution in [0.4, 0.5) is 0 Å². The van der Waals surface area contributed by atoms with Crippen LogP contribution in [0.2, 0.25) is 0 Å². The van der Waals surface area contributed by atoms with Crippen molar-refractivity contribution in [2.24, 2.45) is 5.10 Å². The standard InChI is InChI=1S/C19H17N3O3/c1-13(14-10-15(23)12-16(24)11-14)20-21-19(25)17-6-2-3-7-18(17)22-8-4-5-9-22/h2-12,23-24H,1H3,(H,21,25). The first kappa shape index (κ1) is 16.3. The summed E-state index contributed by atoms with van der Waals surface area (Å²) in [5.74, 6) is -0.504. The third-order valence-corrected chi connectivity index (χ3v) is 3.68. The quantitative estimate of drug-likeness (QED) is 0.506. The molecule has 0 saturated heterocycles. The van der Waals surface area contributed by atoms with Crippen molar-refractivity contribution in [1.29, 1.82) is 0 Å². The Kier molecular flexibility index (Phi) is 4.52. The molecule has 126 valence electrons. The van der Waals surface area contributed by atoms with E-state index >= 15 is 0 Å². The normalized spacial score (nSPS) is 11.3. The summed E-state index contributed by atoms with van der Waals surface area (Å²) in [4.78, 5) is 12.5. The van der Waals surface area contributed by atoms with Crippen LogP contribution >= 0.6 is 0 Å². The number of hydrogen-bond acceptors (Lipinski definition) is 4. The van der Waals surface area contributed by atoms with E-state index in [1.54, 1.807) is 19.1 Å². The molecule has 0 spiro atoms. The second kappa shape index (κ2) is 6.92. The number of nitrogens with one attached hydrogen (secondary N) is 1. The van der Waals surface area contributed by atoms with Crippen molar-refractivity contribution >= 4 is 11.6 Å². The van der Waals surface area contributed by atoms with Crippen molar-refractivity contribution < 1.29 is 15.0 Å². The molecule has 3 N–H and O–H groups in total. The molecule has 0 aliphatic rings. The maximum absolute atomic E-state index is 12.5. The van der Waals surface area contributed by atoms with Gasteiger partial charge in [0.1, 0.15) is 11.5 Å². The highest BCUT2D eigenvalue weighted by atomic mass is 16.3. The van der Waals surface area contributed by atoms with Gasteiger partial charge in [0, 0.05) is 24.0 Å². The van der Waals surface area contributed by atoms with E-state index < -0.39 is 0 Å². The lowest BCUT2D eigenvalue weighted by Gasteiger charge is -2.09. The topological polar surface area (TPSA) is 86.9 Å². The zero-order chi connectivity index (χ0) is 17.8. The van der Waals surface area contributed by atoms with Gasteiger partial charge < -0.3 is 14.8 Å². The SMILES string of the molecule is CC(=NNC(=O)c1ccccc1-n1cccc1)c1cc(O)cc(O)c1. The number of benzene rings is 2. The van der Waals surface area contributed by atoms with Crippen LogP contribution in [0.1, 0.15) is 22.8 Å². The summed E-state index contributed by atoms with van der Waals surface area (Å²) in [6, 6.07) is 15.1. The Balaban J connectivity index is 1.83. The zero-order valence-corrected chi connectivity index (χ0v) is 13.5. The van der Waals surface area contributed by atoms with Gasteiger partial charge in [-0.25, -0.2) is 5.43 Å². The van der Waals surface area contributed by atoms with E-state index in [1.165, 1.54) is 18.2 Å². The van der Waals surface area contributed by atoms with Gasteiger partial charge in [-0.05, 0) is 43.3 Å². The Morgan fingerprint density at radius 2 is 1.64 bits per heavy atom. The average molecular weight is 335 g/mol. The molecule has 0 radical (unpaired) electrons. The minimum Gasteiger partial charge on any atom is -0.508 e. The number of phenolic OH excluding ortho intramolecular Hbond substituents is 2. The molecular formula is C19H17N3O3. The lowest BCUT2D eigenvalue weighted by molar-refractivity contribution is 0.0955. The molecule has 1 amide bonds. The molecule has 6 nitrogen and oxygen atoms in total. The fraction of sp³-hybridized carbons (Fsp3) is 0.0526. The molecule has 0 unspecified atom stereocenters. The van der Waals surface area contributed by atoms with Gasteiger partial charge in [0.05, 0.1) is 17.0 Å². The summed E-state index contributed by atoms with van der Waals surface area (Å²) in [5, 5.41) is 23.1. The smallest absolute Gasteiger partial charge is 0.273 e. The summed E-state index contributed by atoms with van der Waals surface area (Å²) >= 11 is 0. The van der Waals surface area contributed by atoms with E-state index in [9.17, 15) is 15.0 Å². The maximum atomic E-state index is 12.5. The minimum atomic E-state index is -0.354. The fourth-order valence-corrected chi connectivity index (χ4v) is 2.45. The number of phenols is 2. The van der Waals surface area contributed by atoms with Crippen LogP contribution in [0.3, 0.4) is 0 Å². The molecule has 3 aromatic rings. The summed E-state index contributed by atoms with van der Waals surface area (Å²) in [6.07, 6.45) is 3.71. The van der Waals surface area contributed by atoms with Gasteiger partial charge in [0.15, 0.2) is 0 Å². The fourth-order valence-electron chi connectivity index (χ4n) is 2.45. The number of aromatic nitrogens is 1. The van der Waals surface area contributed by atoms with Gasteiger partial charge in [-0.2, -0.15) is 5.10 Å². The monoisotopic (exact) mass is 335 g/mol. The molecule has 2 aromatic carbocycles. The van der Waals surface area contributed by atoms with Gasteiger partial charge in [-0.15, -0.1) is 0 Å². The van der Waals surface area contributed by atoms with E-state index in [4.69, 9.17) is 0 Å². The molecule has 0 fully saturated rings. The summed E-state index contributed by atoms with van der Waals surface area (Å²) in [7, 11) is 0. The Morgan fingerprint density at radius 3 is 2.32 bits per heavy atom. The average Bonchev–Trinajstić information content (AvgIpc) is 3.13. The van der Waals surface area contributed by atoms with E-state index in [0.29, 0.717) is 16.8 Å². The number of aromatic hydroxyl groups is 2. The first-order valence-corrected chi connectivity index (χ1v) is 7.65. The van der Waals surface area contributed by atoms with Crippen LogP contribution in [0, 0.1) is 0 Å². The Labute approximate surface area is 144 Å². The molecule has 0 aliphatic heterocycles. The molecule has 0 bridgehead atoms. The van der Waals surface area contributed by atoms with Gasteiger partial charge in [-0.3, -0.25) is 4.79 Å². The van der Waals surface area contributed by atoms with Crippen molar-refractivity contribution in [1.82, 2.24) is 9.99 Å². The van der Waals surface area contributed by atoms with Crippen LogP contribution in [0.15, 0.2) is 72.1 Å². The lowest BCUT2D eigenvalue weighted by atomic mass is 10.1. The number of carbonyl (C=O) groups excluding carboxylic acids is 1. The van der Waals surface area contributed by atoms with E-state index in [1.807, 2.05) is 41.2 Å². The van der Waals surface area contributed by atoms with Crippen molar-refractivity contribution in [3.8, 4) is 17.2 Å². The van der Waals surface area contributed by atoms with E-state index in [0.717, 1.165) is 5.69 Å².